The number of nitriles is 1. The third-order valence-corrected chi connectivity index (χ3v) is 2.13. The van der Waals surface area contributed by atoms with Gasteiger partial charge in [-0.2, -0.15) is 5.26 Å². The summed E-state index contributed by atoms with van der Waals surface area (Å²) >= 11 is 0. The third kappa shape index (κ3) is 1.27. The van der Waals surface area contributed by atoms with Crippen LogP contribution in [0.4, 0.5) is 0 Å². The van der Waals surface area contributed by atoms with Crippen LogP contribution in [0.25, 0.3) is 10.8 Å². The Labute approximate surface area is 80.8 Å². The number of rotatable bonds is 1. The Morgan fingerprint density at radius 2 is 2.07 bits per heavy atom. The van der Waals surface area contributed by atoms with Crippen molar-refractivity contribution in [3.8, 4) is 6.07 Å². The lowest BCUT2D eigenvalue weighted by Gasteiger charge is -2.01. The second-order valence-corrected chi connectivity index (χ2v) is 2.99. The molecule has 0 unspecified atom stereocenters. The van der Waals surface area contributed by atoms with Gasteiger partial charge in [0.25, 0.3) is 5.56 Å². The Bertz CT molecular complexity index is 563. The molecule has 3 heteroatoms. The first-order chi connectivity index (χ1) is 6.83. The average Bonchev–Trinajstić information content (AvgIpc) is 2.23. The molecule has 68 valence electrons. The van der Waals surface area contributed by atoms with Crippen molar-refractivity contribution in [3.63, 3.8) is 0 Å². The molecule has 2 aromatic rings. The molecule has 0 radical (unpaired) electrons. The fourth-order valence-electron chi connectivity index (χ4n) is 1.43. The summed E-state index contributed by atoms with van der Waals surface area (Å²) in [6, 6.07) is 11.2. The summed E-state index contributed by atoms with van der Waals surface area (Å²) in [6.45, 7) is 0.101. The van der Waals surface area contributed by atoms with Crippen LogP contribution in [0.3, 0.4) is 0 Å². The van der Waals surface area contributed by atoms with Gasteiger partial charge in [0.15, 0.2) is 0 Å². The van der Waals surface area contributed by atoms with Crippen LogP contribution in [0.1, 0.15) is 0 Å². The van der Waals surface area contributed by atoms with E-state index in [9.17, 15) is 4.79 Å². The highest BCUT2D eigenvalue weighted by atomic mass is 16.1. The molecular formula is C11H8N2O. The summed E-state index contributed by atoms with van der Waals surface area (Å²) < 4.78 is 1.41. The van der Waals surface area contributed by atoms with Gasteiger partial charge in [-0.3, -0.25) is 4.79 Å². The minimum Gasteiger partial charge on any atom is -0.301 e. The highest BCUT2D eigenvalue weighted by Crippen LogP contribution is 2.07. The van der Waals surface area contributed by atoms with Gasteiger partial charge in [-0.05, 0) is 17.5 Å². The minimum absolute atomic E-state index is 0.101. The van der Waals surface area contributed by atoms with E-state index in [4.69, 9.17) is 5.26 Å². The van der Waals surface area contributed by atoms with Gasteiger partial charge >= 0.3 is 0 Å². The molecule has 0 N–H and O–H groups in total. The topological polar surface area (TPSA) is 45.8 Å². The quantitative estimate of drug-likeness (QED) is 0.674. The molecule has 0 spiro atoms. The van der Waals surface area contributed by atoms with Gasteiger partial charge < -0.3 is 4.57 Å². The molecule has 0 amide bonds. The fraction of sp³-hybridized carbons (Fsp3) is 0.0909. The molecule has 0 fully saturated rings. The Morgan fingerprint density at radius 1 is 1.29 bits per heavy atom. The van der Waals surface area contributed by atoms with E-state index in [2.05, 4.69) is 0 Å². The Kier molecular flexibility index (Phi) is 2.04. The molecule has 0 saturated heterocycles. The van der Waals surface area contributed by atoms with Crippen LogP contribution in [-0.4, -0.2) is 4.57 Å². The predicted molar refractivity (Wildman–Crippen MR) is 53.8 cm³/mol. The summed E-state index contributed by atoms with van der Waals surface area (Å²) in [5.74, 6) is 0. The molecule has 0 saturated carbocycles. The van der Waals surface area contributed by atoms with E-state index in [0.29, 0.717) is 5.39 Å². The van der Waals surface area contributed by atoms with Gasteiger partial charge in [0.1, 0.15) is 6.54 Å². The van der Waals surface area contributed by atoms with E-state index >= 15 is 0 Å². The van der Waals surface area contributed by atoms with Crippen molar-refractivity contribution in [2.75, 3.05) is 0 Å². The van der Waals surface area contributed by atoms with Crippen LogP contribution in [0.2, 0.25) is 0 Å². The maximum absolute atomic E-state index is 11.7. The molecule has 1 aromatic carbocycles. The number of nitrogens with zero attached hydrogens (tertiary/aromatic N) is 2. The van der Waals surface area contributed by atoms with Gasteiger partial charge in [0.2, 0.25) is 0 Å². The van der Waals surface area contributed by atoms with Crippen molar-refractivity contribution in [2.45, 2.75) is 6.54 Å². The summed E-state index contributed by atoms with van der Waals surface area (Å²) in [4.78, 5) is 11.7. The monoisotopic (exact) mass is 184 g/mol. The van der Waals surface area contributed by atoms with Crippen molar-refractivity contribution in [3.05, 3.63) is 46.9 Å². The van der Waals surface area contributed by atoms with Crippen molar-refractivity contribution < 1.29 is 0 Å². The van der Waals surface area contributed by atoms with Gasteiger partial charge in [0, 0.05) is 11.6 Å². The first kappa shape index (κ1) is 8.52. The normalized spacial score (nSPS) is 9.93. The molecule has 2 rings (SSSR count). The predicted octanol–water partition coefficient (Wildman–Crippen LogP) is 1.53. The first-order valence-electron chi connectivity index (χ1n) is 4.28. The molecule has 0 atom stereocenters. The number of pyridine rings is 1. The lowest BCUT2D eigenvalue weighted by molar-refractivity contribution is 0.798. The van der Waals surface area contributed by atoms with Crippen LogP contribution < -0.4 is 5.56 Å². The Hall–Kier alpha value is -2.08. The summed E-state index contributed by atoms with van der Waals surface area (Å²) in [7, 11) is 0. The zero-order valence-electron chi connectivity index (χ0n) is 7.47. The number of hydrogen-bond acceptors (Lipinski definition) is 2. The molecular weight excluding hydrogens is 176 g/mol. The van der Waals surface area contributed by atoms with Crippen molar-refractivity contribution in [2.24, 2.45) is 0 Å². The molecule has 0 aliphatic carbocycles. The molecule has 0 aliphatic rings. The van der Waals surface area contributed by atoms with E-state index in [1.54, 1.807) is 12.3 Å². The van der Waals surface area contributed by atoms with E-state index in [0.717, 1.165) is 5.39 Å². The lowest BCUT2D eigenvalue weighted by Crippen LogP contribution is -2.18. The van der Waals surface area contributed by atoms with Crippen molar-refractivity contribution in [1.29, 1.82) is 5.26 Å². The van der Waals surface area contributed by atoms with Crippen LogP contribution in [0, 0.1) is 11.3 Å². The average molecular weight is 184 g/mol. The largest absolute Gasteiger partial charge is 0.301 e. The second kappa shape index (κ2) is 3.35. The number of benzene rings is 1. The maximum Gasteiger partial charge on any atom is 0.259 e. The van der Waals surface area contributed by atoms with E-state index in [-0.39, 0.29) is 12.1 Å². The van der Waals surface area contributed by atoms with E-state index < -0.39 is 0 Å². The SMILES string of the molecule is N#CCn1ccc2ccccc2c1=O. The van der Waals surface area contributed by atoms with E-state index in [1.165, 1.54) is 4.57 Å². The van der Waals surface area contributed by atoms with Crippen molar-refractivity contribution >= 4 is 10.8 Å². The third-order valence-electron chi connectivity index (χ3n) is 2.13. The van der Waals surface area contributed by atoms with Gasteiger partial charge in [-0.15, -0.1) is 0 Å². The Balaban J connectivity index is 2.77. The number of fused-ring (bicyclic) bond motifs is 1. The van der Waals surface area contributed by atoms with Crippen LogP contribution in [-0.2, 0) is 6.54 Å². The summed E-state index contributed by atoms with van der Waals surface area (Å²) in [5, 5.41) is 10.1. The Morgan fingerprint density at radius 3 is 2.86 bits per heavy atom. The smallest absolute Gasteiger partial charge is 0.259 e. The molecule has 0 bridgehead atoms. The van der Waals surface area contributed by atoms with Gasteiger partial charge in [-0.1, -0.05) is 18.2 Å². The minimum atomic E-state index is -0.107. The van der Waals surface area contributed by atoms with Crippen LogP contribution in [0.15, 0.2) is 41.3 Å². The zero-order chi connectivity index (χ0) is 9.97. The highest BCUT2D eigenvalue weighted by molar-refractivity contribution is 5.81. The molecule has 14 heavy (non-hydrogen) atoms. The highest BCUT2D eigenvalue weighted by Gasteiger charge is 2.00. The second-order valence-electron chi connectivity index (χ2n) is 2.99. The maximum atomic E-state index is 11.7. The summed E-state index contributed by atoms with van der Waals surface area (Å²) in [6.07, 6.45) is 1.65. The van der Waals surface area contributed by atoms with Gasteiger partial charge in [0.05, 0.1) is 6.07 Å². The molecule has 1 heterocycles. The zero-order valence-corrected chi connectivity index (χ0v) is 7.47. The number of hydrogen-bond donors (Lipinski definition) is 0. The summed E-state index contributed by atoms with van der Waals surface area (Å²) in [5.41, 5.74) is -0.107. The first-order valence-corrected chi connectivity index (χ1v) is 4.28. The fourth-order valence-corrected chi connectivity index (χ4v) is 1.43. The van der Waals surface area contributed by atoms with Crippen LogP contribution in [0.5, 0.6) is 0 Å². The lowest BCUT2D eigenvalue weighted by atomic mass is 10.2. The molecule has 0 aliphatic heterocycles. The van der Waals surface area contributed by atoms with Gasteiger partial charge in [-0.25, -0.2) is 0 Å². The molecule has 3 nitrogen and oxygen atoms in total. The standard InChI is InChI=1S/C11H8N2O/c12-6-8-13-7-5-9-3-1-2-4-10(9)11(13)14/h1-5,7H,8H2. The molecule has 1 aromatic heterocycles. The van der Waals surface area contributed by atoms with Crippen molar-refractivity contribution in [1.82, 2.24) is 4.57 Å². The van der Waals surface area contributed by atoms with E-state index in [1.807, 2.05) is 30.3 Å². The number of aromatic nitrogens is 1. The van der Waals surface area contributed by atoms with Crippen LogP contribution >= 0.6 is 0 Å².